The van der Waals surface area contributed by atoms with Crippen LogP contribution in [0.15, 0.2) is 71.6 Å². The van der Waals surface area contributed by atoms with Crippen LogP contribution in [0.5, 0.6) is 0 Å². The fraction of sp³-hybridized carbons (Fsp3) is 0.308. The molecule has 35 heavy (non-hydrogen) atoms. The highest BCUT2D eigenvalue weighted by Crippen LogP contribution is 2.22. The summed E-state index contributed by atoms with van der Waals surface area (Å²) in [7, 11) is -3.74. The maximum atomic E-state index is 13.0. The van der Waals surface area contributed by atoms with Gasteiger partial charge in [0.1, 0.15) is 0 Å². The number of hydrogen-bond acceptors (Lipinski definition) is 5. The highest BCUT2D eigenvalue weighted by atomic mass is 32.2. The Morgan fingerprint density at radius 3 is 2.34 bits per heavy atom. The number of rotatable bonds is 11. The van der Waals surface area contributed by atoms with Gasteiger partial charge in [-0.15, -0.1) is 13.2 Å². The number of aromatic nitrogens is 1. The molecule has 0 unspecified atom stereocenters. The third-order valence-corrected chi connectivity index (χ3v) is 8.45. The highest BCUT2D eigenvalue weighted by Gasteiger charge is 2.22. The second-order valence-corrected chi connectivity index (χ2v) is 10.9. The minimum atomic E-state index is -3.74. The van der Waals surface area contributed by atoms with Crippen LogP contribution in [0.4, 0.5) is 0 Å². The summed E-state index contributed by atoms with van der Waals surface area (Å²) >= 11 is 1.45. The Morgan fingerprint density at radius 2 is 1.74 bits per heavy atom. The number of amides is 1. The fourth-order valence-electron chi connectivity index (χ4n) is 3.55. The van der Waals surface area contributed by atoms with Crippen molar-refractivity contribution in [1.29, 1.82) is 0 Å². The second-order valence-electron chi connectivity index (χ2n) is 7.98. The third kappa shape index (κ3) is 6.05. The summed E-state index contributed by atoms with van der Waals surface area (Å²) in [6, 6.07) is 10.0. The van der Waals surface area contributed by atoms with Gasteiger partial charge in [0, 0.05) is 31.8 Å². The smallest absolute Gasteiger partial charge is 0.279 e. The number of carbonyl (C=O) groups is 1. The highest BCUT2D eigenvalue weighted by molar-refractivity contribution is 7.89. The van der Waals surface area contributed by atoms with E-state index in [1.54, 1.807) is 0 Å². The first kappa shape index (κ1) is 26.7. The number of nitrogens with zero attached hydrogens (tertiary/aromatic N) is 3. The molecule has 3 aromatic rings. The lowest BCUT2D eigenvalue weighted by atomic mass is 10.1. The van der Waals surface area contributed by atoms with E-state index in [2.05, 4.69) is 44.1 Å². The molecular weight excluding hydrogens is 482 g/mol. The zero-order valence-corrected chi connectivity index (χ0v) is 22.0. The number of fused-ring (bicyclic) bond motifs is 1. The molecule has 1 amide bonds. The van der Waals surface area contributed by atoms with Crippen molar-refractivity contribution in [2.45, 2.75) is 32.2 Å². The second kappa shape index (κ2) is 11.7. The van der Waals surface area contributed by atoms with Gasteiger partial charge in [0.15, 0.2) is 4.80 Å². The summed E-state index contributed by atoms with van der Waals surface area (Å²) < 4.78 is 35.7. The van der Waals surface area contributed by atoms with Crippen LogP contribution in [0.2, 0.25) is 0 Å². The standard InChI is InChI=1S/C26H31N3O4S2/c1-6-13-28(14-7-2)35(31,32)22-11-9-21(10-12-22)25(30)27-26-29(15-16-33-8-3)23-17-19(4)20(5)18-24(23)34-26/h6-7,9-12,17-18H,1-2,8,13-16H2,3-5H3. The summed E-state index contributed by atoms with van der Waals surface area (Å²) in [5.41, 5.74) is 3.66. The van der Waals surface area contributed by atoms with Gasteiger partial charge in [-0.05, 0) is 68.3 Å². The Labute approximate surface area is 210 Å². The molecule has 0 saturated carbocycles. The van der Waals surface area contributed by atoms with E-state index in [9.17, 15) is 13.2 Å². The molecule has 1 heterocycles. The van der Waals surface area contributed by atoms with Crippen LogP contribution in [0.1, 0.15) is 28.4 Å². The molecule has 1 aromatic heterocycles. The van der Waals surface area contributed by atoms with Crippen LogP contribution in [-0.4, -0.2) is 49.5 Å². The molecule has 3 rings (SSSR count). The van der Waals surface area contributed by atoms with Crippen LogP contribution in [0.25, 0.3) is 10.2 Å². The van der Waals surface area contributed by atoms with Gasteiger partial charge in [0.2, 0.25) is 10.0 Å². The lowest BCUT2D eigenvalue weighted by Gasteiger charge is -2.19. The van der Waals surface area contributed by atoms with Crippen LogP contribution in [-0.2, 0) is 21.3 Å². The number of thiazole rings is 1. The van der Waals surface area contributed by atoms with E-state index in [-0.39, 0.29) is 18.0 Å². The summed E-state index contributed by atoms with van der Waals surface area (Å²) in [5.74, 6) is -0.437. The van der Waals surface area contributed by atoms with Gasteiger partial charge < -0.3 is 9.30 Å². The van der Waals surface area contributed by atoms with Gasteiger partial charge >= 0.3 is 0 Å². The van der Waals surface area contributed by atoms with Gasteiger partial charge in [0.05, 0.1) is 21.7 Å². The van der Waals surface area contributed by atoms with E-state index in [0.29, 0.717) is 30.1 Å². The number of ether oxygens (including phenoxy) is 1. The predicted octanol–water partition coefficient (Wildman–Crippen LogP) is 4.46. The Hall–Kier alpha value is -2.85. The minimum absolute atomic E-state index is 0.0948. The topological polar surface area (TPSA) is 81.0 Å². The van der Waals surface area contributed by atoms with E-state index in [0.717, 1.165) is 15.8 Å². The lowest BCUT2D eigenvalue weighted by Crippen LogP contribution is -2.31. The van der Waals surface area contributed by atoms with Crippen molar-refractivity contribution in [3.63, 3.8) is 0 Å². The monoisotopic (exact) mass is 513 g/mol. The molecule has 0 aliphatic rings. The quantitative estimate of drug-likeness (QED) is 0.280. The van der Waals surface area contributed by atoms with E-state index < -0.39 is 15.9 Å². The molecule has 9 heteroatoms. The predicted molar refractivity (Wildman–Crippen MR) is 141 cm³/mol. The zero-order valence-electron chi connectivity index (χ0n) is 20.4. The van der Waals surface area contributed by atoms with Gasteiger partial charge in [-0.3, -0.25) is 4.79 Å². The van der Waals surface area contributed by atoms with Crippen molar-refractivity contribution in [3.05, 3.63) is 83.2 Å². The molecule has 186 valence electrons. The van der Waals surface area contributed by atoms with Crippen molar-refractivity contribution in [1.82, 2.24) is 8.87 Å². The first-order chi connectivity index (χ1) is 16.7. The summed E-state index contributed by atoms with van der Waals surface area (Å²) in [5, 5.41) is 0. The number of sulfonamides is 1. The lowest BCUT2D eigenvalue weighted by molar-refractivity contribution is 0.0996. The molecular formula is C26H31N3O4S2. The number of hydrogen-bond donors (Lipinski definition) is 0. The third-order valence-electron chi connectivity index (χ3n) is 5.56. The zero-order chi connectivity index (χ0) is 25.6. The summed E-state index contributed by atoms with van der Waals surface area (Å²) in [6.45, 7) is 15.3. The van der Waals surface area contributed by atoms with Crippen LogP contribution < -0.4 is 4.80 Å². The molecule has 0 N–H and O–H groups in total. The van der Waals surface area contributed by atoms with Crippen molar-refractivity contribution in [2.24, 2.45) is 4.99 Å². The molecule has 0 aliphatic heterocycles. The van der Waals surface area contributed by atoms with E-state index >= 15 is 0 Å². The van der Waals surface area contributed by atoms with Crippen LogP contribution in [0.3, 0.4) is 0 Å². The molecule has 0 fully saturated rings. The molecule has 0 spiro atoms. The van der Waals surface area contributed by atoms with Gasteiger partial charge in [-0.1, -0.05) is 23.5 Å². The Balaban J connectivity index is 1.97. The van der Waals surface area contributed by atoms with Gasteiger partial charge in [0.25, 0.3) is 5.91 Å². The average molecular weight is 514 g/mol. The minimum Gasteiger partial charge on any atom is -0.380 e. The molecule has 0 bridgehead atoms. The van der Waals surface area contributed by atoms with E-state index in [1.807, 2.05) is 11.5 Å². The Morgan fingerprint density at radius 1 is 1.11 bits per heavy atom. The van der Waals surface area contributed by atoms with E-state index in [1.165, 1.54) is 57.6 Å². The summed E-state index contributed by atoms with van der Waals surface area (Å²) in [6.07, 6.45) is 3.04. The average Bonchev–Trinajstić information content (AvgIpc) is 3.15. The van der Waals surface area contributed by atoms with Crippen molar-refractivity contribution in [3.8, 4) is 0 Å². The van der Waals surface area contributed by atoms with E-state index in [4.69, 9.17) is 4.74 Å². The maximum absolute atomic E-state index is 13.0. The summed E-state index contributed by atoms with van der Waals surface area (Å²) in [4.78, 5) is 18.1. The molecule has 0 aliphatic carbocycles. The number of carbonyl (C=O) groups excluding carboxylic acids is 1. The SMILES string of the molecule is C=CCN(CC=C)S(=O)(=O)c1ccc(C(=O)N=c2sc3cc(C)c(C)cc3n2CCOCC)cc1. The molecule has 2 aromatic carbocycles. The van der Waals surface area contributed by atoms with Crippen LogP contribution in [0, 0.1) is 13.8 Å². The molecule has 0 saturated heterocycles. The van der Waals surface area contributed by atoms with Gasteiger partial charge in [-0.25, -0.2) is 8.42 Å². The largest absolute Gasteiger partial charge is 0.380 e. The molecule has 0 radical (unpaired) electrons. The number of benzene rings is 2. The first-order valence-corrected chi connectivity index (χ1v) is 13.6. The Kier molecular flexibility index (Phi) is 8.96. The van der Waals surface area contributed by atoms with Gasteiger partial charge in [-0.2, -0.15) is 9.30 Å². The normalized spacial score (nSPS) is 12.4. The maximum Gasteiger partial charge on any atom is 0.279 e. The fourth-order valence-corrected chi connectivity index (χ4v) is 6.07. The van der Waals surface area contributed by atoms with Crippen molar-refractivity contribution < 1.29 is 17.9 Å². The van der Waals surface area contributed by atoms with Crippen LogP contribution >= 0.6 is 11.3 Å². The number of aryl methyl sites for hydroxylation is 2. The first-order valence-electron chi connectivity index (χ1n) is 11.3. The van der Waals surface area contributed by atoms with Crippen molar-refractivity contribution >= 4 is 37.5 Å². The van der Waals surface area contributed by atoms with Crippen molar-refractivity contribution in [2.75, 3.05) is 26.3 Å². The molecule has 0 atom stereocenters. The Bertz CT molecular complexity index is 1390. The molecule has 7 nitrogen and oxygen atoms in total.